The molecule has 2 fully saturated rings. The second kappa shape index (κ2) is 12.5. The van der Waals surface area contributed by atoms with Crippen LogP contribution in [0, 0.1) is 5.92 Å². The number of rotatable bonds is 6. The molecule has 0 N–H and O–H groups in total. The number of carbonyl (C=O) groups excluding carboxylic acids is 3. The summed E-state index contributed by atoms with van der Waals surface area (Å²) < 4.78 is 10.8. The summed E-state index contributed by atoms with van der Waals surface area (Å²) in [6, 6.07) is 10.4. The summed E-state index contributed by atoms with van der Waals surface area (Å²) >= 11 is 12.6. The van der Waals surface area contributed by atoms with Gasteiger partial charge in [-0.3, -0.25) is 14.4 Å². The number of likely N-dealkylation sites (N-methyl/N-ethyl adjacent to an activating group) is 1. The maximum Gasteiger partial charge on any atom is 0.257 e. The second-order valence-electron chi connectivity index (χ2n) is 10.2. The molecule has 0 saturated carbocycles. The molecule has 2 atom stereocenters. The second-order valence-corrected chi connectivity index (χ2v) is 11.0. The highest BCUT2D eigenvalue weighted by atomic mass is 35.5. The number of nitrogens with zero attached hydrogens (tertiary/aromatic N) is 3. The Morgan fingerprint density at radius 2 is 1.59 bits per heavy atom. The van der Waals surface area contributed by atoms with Crippen molar-refractivity contribution in [3.05, 3.63) is 57.6 Å². The molecule has 2 aliphatic heterocycles. The fourth-order valence-electron chi connectivity index (χ4n) is 5.70. The molecule has 39 heavy (non-hydrogen) atoms. The van der Waals surface area contributed by atoms with Crippen LogP contribution >= 0.6 is 23.2 Å². The molecule has 0 radical (unpaired) electrons. The molecule has 0 bridgehead atoms. The SMILES string of the molecule is COc1ccc(OC)c(C(=O)N(C)[C@@H]2CCN(C(=O)C3CCN(C(C)=O)CC3)C[C@H]2c2ccc(Cl)c(Cl)c2)c1. The van der Waals surface area contributed by atoms with Crippen LogP contribution in [0.2, 0.25) is 10.0 Å². The molecule has 2 heterocycles. The van der Waals surface area contributed by atoms with Gasteiger partial charge >= 0.3 is 0 Å². The van der Waals surface area contributed by atoms with Gasteiger partial charge in [-0.1, -0.05) is 29.3 Å². The van der Waals surface area contributed by atoms with Gasteiger partial charge in [0.25, 0.3) is 5.91 Å². The highest BCUT2D eigenvalue weighted by Crippen LogP contribution is 2.36. The van der Waals surface area contributed by atoms with E-state index >= 15 is 0 Å². The van der Waals surface area contributed by atoms with Crippen LogP contribution in [0.3, 0.4) is 0 Å². The van der Waals surface area contributed by atoms with Crippen LogP contribution in [0.25, 0.3) is 0 Å². The van der Waals surface area contributed by atoms with E-state index in [1.807, 2.05) is 17.0 Å². The lowest BCUT2D eigenvalue weighted by Gasteiger charge is -2.44. The Bertz CT molecular complexity index is 1230. The van der Waals surface area contributed by atoms with E-state index in [0.29, 0.717) is 72.5 Å². The first-order valence-corrected chi connectivity index (χ1v) is 13.9. The Kier molecular flexibility index (Phi) is 9.28. The first-order chi connectivity index (χ1) is 18.6. The number of carbonyl (C=O) groups is 3. The minimum atomic E-state index is -0.200. The molecular weight excluding hydrogens is 541 g/mol. The Morgan fingerprint density at radius 3 is 2.21 bits per heavy atom. The summed E-state index contributed by atoms with van der Waals surface area (Å²) in [5.41, 5.74) is 1.32. The predicted molar refractivity (Wildman–Crippen MR) is 151 cm³/mol. The van der Waals surface area contributed by atoms with Crippen molar-refractivity contribution < 1.29 is 23.9 Å². The molecule has 0 aromatic heterocycles. The highest BCUT2D eigenvalue weighted by Gasteiger charge is 2.39. The standard InChI is InChI=1S/C29H35Cl2N3O5/c1-18(35)33-12-9-19(10-13-33)28(36)34-14-11-26(23(17-34)20-5-7-24(30)25(31)15-20)32(2)29(37)22-16-21(38-3)6-8-27(22)39-4/h5-8,15-16,19,23,26H,9-14,17H2,1-4H3/t23-,26+/m0/s1. The third-order valence-electron chi connectivity index (χ3n) is 8.00. The number of piperidine rings is 2. The number of likely N-dealkylation sites (tertiary alicyclic amines) is 2. The van der Waals surface area contributed by atoms with Gasteiger partial charge in [0.2, 0.25) is 11.8 Å². The van der Waals surface area contributed by atoms with Gasteiger partial charge in [0.15, 0.2) is 0 Å². The van der Waals surface area contributed by atoms with E-state index in [-0.39, 0.29) is 35.6 Å². The lowest BCUT2D eigenvalue weighted by atomic mass is 9.83. The number of halogens is 2. The first kappa shape index (κ1) is 29.0. The van der Waals surface area contributed by atoms with Gasteiger partial charge in [0, 0.05) is 58.0 Å². The maximum absolute atomic E-state index is 13.8. The Hall–Kier alpha value is -2.97. The van der Waals surface area contributed by atoms with Gasteiger partial charge in [-0.2, -0.15) is 0 Å². The highest BCUT2D eigenvalue weighted by molar-refractivity contribution is 6.42. The van der Waals surface area contributed by atoms with Crippen molar-refractivity contribution in [1.29, 1.82) is 0 Å². The molecular formula is C29H35Cl2N3O5. The van der Waals surface area contributed by atoms with Crippen molar-refractivity contribution >= 4 is 40.9 Å². The van der Waals surface area contributed by atoms with Crippen molar-refractivity contribution in [3.63, 3.8) is 0 Å². The van der Waals surface area contributed by atoms with E-state index in [1.165, 1.54) is 7.11 Å². The quantitative estimate of drug-likeness (QED) is 0.497. The lowest BCUT2D eigenvalue weighted by molar-refractivity contribution is -0.141. The molecule has 2 aromatic rings. The smallest absolute Gasteiger partial charge is 0.257 e. The van der Waals surface area contributed by atoms with Gasteiger partial charge in [-0.15, -0.1) is 0 Å². The number of hydrogen-bond acceptors (Lipinski definition) is 5. The van der Waals surface area contributed by atoms with Crippen LogP contribution < -0.4 is 9.47 Å². The topological polar surface area (TPSA) is 79.4 Å². The summed E-state index contributed by atoms with van der Waals surface area (Å²) in [5, 5.41) is 0.875. The fourth-order valence-corrected chi connectivity index (χ4v) is 6.00. The van der Waals surface area contributed by atoms with Crippen molar-refractivity contribution in [2.45, 2.75) is 38.1 Å². The minimum Gasteiger partial charge on any atom is -0.497 e. The number of hydrogen-bond donors (Lipinski definition) is 0. The molecule has 3 amide bonds. The van der Waals surface area contributed by atoms with Gasteiger partial charge in [0.1, 0.15) is 11.5 Å². The molecule has 2 saturated heterocycles. The summed E-state index contributed by atoms with van der Waals surface area (Å²) in [6.07, 6.45) is 1.91. The molecule has 210 valence electrons. The summed E-state index contributed by atoms with van der Waals surface area (Å²) in [5.74, 6) is 0.671. The fraction of sp³-hybridized carbons (Fsp3) is 0.483. The Labute approximate surface area is 239 Å². The maximum atomic E-state index is 13.8. The molecule has 2 aliphatic rings. The average Bonchev–Trinajstić information content (AvgIpc) is 2.96. The minimum absolute atomic E-state index is 0.0433. The molecule has 10 heteroatoms. The zero-order valence-corrected chi connectivity index (χ0v) is 24.3. The summed E-state index contributed by atoms with van der Waals surface area (Å²) in [4.78, 5) is 44.5. The van der Waals surface area contributed by atoms with Crippen molar-refractivity contribution in [3.8, 4) is 11.5 Å². The number of benzene rings is 2. The van der Waals surface area contributed by atoms with E-state index in [9.17, 15) is 14.4 Å². The monoisotopic (exact) mass is 575 g/mol. The van der Waals surface area contributed by atoms with Crippen molar-refractivity contribution in [2.75, 3.05) is 47.4 Å². The Morgan fingerprint density at radius 1 is 0.897 bits per heavy atom. The average molecular weight is 577 g/mol. The van der Waals surface area contributed by atoms with Crippen LogP contribution in [0.4, 0.5) is 0 Å². The largest absolute Gasteiger partial charge is 0.497 e. The van der Waals surface area contributed by atoms with E-state index in [0.717, 1.165) is 5.56 Å². The summed E-state index contributed by atoms with van der Waals surface area (Å²) in [7, 11) is 4.87. The van der Waals surface area contributed by atoms with Gasteiger partial charge in [-0.25, -0.2) is 0 Å². The van der Waals surface area contributed by atoms with Crippen LogP contribution in [0.1, 0.15) is 48.0 Å². The predicted octanol–water partition coefficient (Wildman–Crippen LogP) is 4.73. The van der Waals surface area contributed by atoms with Crippen molar-refractivity contribution in [2.24, 2.45) is 5.92 Å². The van der Waals surface area contributed by atoms with Crippen LogP contribution in [-0.2, 0) is 9.59 Å². The van der Waals surface area contributed by atoms with Crippen LogP contribution in [-0.4, -0.2) is 85.9 Å². The van der Waals surface area contributed by atoms with E-state index < -0.39 is 0 Å². The molecule has 2 aromatic carbocycles. The van der Waals surface area contributed by atoms with E-state index in [4.69, 9.17) is 32.7 Å². The van der Waals surface area contributed by atoms with E-state index in [1.54, 1.807) is 55.1 Å². The Balaban J connectivity index is 1.59. The molecule has 4 rings (SSSR count). The third kappa shape index (κ3) is 6.28. The molecule has 0 unspecified atom stereocenters. The normalized spacial score (nSPS) is 19.9. The molecule has 0 spiro atoms. The summed E-state index contributed by atoms with van der Waals surface area (Å²) in [6.45, 7) is 3.73. The van der Waals surface area contributed by atoms with Gasteiger partial charge < -0.3 is 24.2 Å². The zero-order chi connectivity index (χ0) is 28.3. The lowest BCUT2D eigenvalue weighted by Crippen LogP contribution is -2.53. The number of ether oxygens (including phenoxy) is 2. The van der Waals surface area contributed by atoms with Crippen LogP contribution in [0.5, 0.6) is 11.5 Å². The van der Waals surface area contributed by atoms with Crippen LogP contribution in [0.15, 0.2) is 36.4 Å². The van der Waals surface area contributed by atoms with Gasteiger partial charge in [-0.05, 0) is 55.2 Å². The van der Waals surface area contributed by atoms with Crippen molar-refractivity contribution in [1.82, 2.24) is 14.7 Å². The van der Waals surface area contributed by atoms with E-state index in [2.05, 4.69) is 0 Å². The number of amides is 3. The number of methoxy groups -OCH3 is 2. The first-order valence-electron chi connectivity index (χ1n) is 13.1. The van der Waals surface area contributed by atoms with Gasteiger partial charge in [0.05, 0.1) is 29.8 Å². The molecule has 8 nitrogen and oxygen atoms in total. The zero-order valence-electron chi connectivity index (χ0n) is 22.8. The molecule has 0 aliphatic carbocycles. The third-order valence-corrected chi connectivity index (χ3v) is 8.74.